The van der Waals surface area contributed by atoms with Gasteiger partial charge in [-0.15, -0.1) is 0 Å². The van der Waals surface area contributed by atoms with Crippen molar-refractivity contribution in [1.82, 2.24) is 4.98 Å². The van der Waals surface area contributed by atoms with Gasteiger partial charge in [-0.05, 0) is 12.1 Å². The summed E-state index contributed by atoms with van der Waals surface area (Å²) in [6, 6.07) is 6.97. The monoisotopic (exact) mass is 232 g/mol. The number of nitrogens with two attached hydrogens (primary N) is 1. The summed E-state index contributed by atoms with van der Waals surface area (Å²) in [4.78, 5) is 4.36. The number of hydrogen-bond donors (Lipinski definition) is 2. The zero-order valence-electron chi connectivity index (χ0n) is 9.97. The predicted molar refractivity (Wildman–Crippen MR) is 65.6 cm³/mol. The molecule has 2 rings (SSSR count). The van der Waals surface area contributed by atoms with Gasteiger partial charge in [0.1, 0.15) is 17.2 Å². The highest BCUT2D eigenvalue weighted by Gasteiger charge is 2.17. The Morgan fingerprint density at radius 1 is 1.41 bits per heavy atom. The molecule has 1 aromatic heterocycles. The lowest BCUT2D eigenvalue weighted by Crippen LogP contribution is -1.95. The van der Waals surface area contributed by atoms with Gasteiger partial charge in [0, 0.05) is 11.5 Å². The number of benzene rings is 1. The number of hydrogen-bond acceptors (Lipinski definition) is 4. The third-order valence-corrected chi connectivity index (χ3v) is 2.52. The lowest BCUT2D eigenvalue weighted by Gasteiger charge is -2.04. The molecule has 0 aliphatic carbocycles. The molecular formula is C13H16N2O2. The van der Waals surface area contributed by atoms with E-state index in [9.17, 15) is 5.11 Å². The molecule has 90 valence electrons. The maximum absolute atomic E-state index is 9.48. The molecule has 2 aromatic rings. The Balaban J connectivity index is 2.53. The average Bonchev–Trinajstić information content (AvgIpc) is 2.73. The van der Waals surface area contributed by atoms with Crippen molar-refractivity contribution in [3.8, 4) is 17.0 Å². The first-order chi connectivity index (χ1) is 8.11. The Morgan fingerprint density at radius 3 is 2.76 bits per heavy atom. The molecule has 3 N–H and O–H groups in total. The molecule has 0 atom stereocenters. The number of phenolic OH excluding ortho intramolecular Hbond substituents is 1. The molecule has 0 saturated carbocycles. The molecule has 0 aliphatic rings. The van der Waals surface area contributed by atoms with Crippen molar-refractivity contribution in [3.63, 3.8) is 0 Å². The Hall–Kier alpha value is -1.81. The Labute approximate surface area is 100 Å². The van der Waals surface area contributed by atoms with Crippen LogP contribution in [0.3, 0.4) is 0 Å². The van der Waals surface area contributed by atoms with Gasteiger partial charge >= 0.3 is 0 Å². The first-order valence-corrected chi connectivity index (χ1v) is 5.61. The molecule has 4 heteroatoms. The lowest BCUT2D eigenvalue weighted by molar-refractivity contribution is 0.441. The Bertz CT molecular complexity index is 518. The number of aromatic nitrogens is 1. The quantitative estimate of drug-likeness (QED) is 0.853. The fraction of sp³-hybridized carbons (Fsp3) is 0.308. The van der Waals surface area contributed by atoms with E-state index in [0.29, 0.717) is 5.89 Å². The van der Waals surface area contributed by atoms with Crippen LogP contribution in [0.4, 0.5) is 0 Å². The van der Waals surface area contributed by atoms with Gasteiger partial charge in [0.05, 0.1) is 6.54 Å². The van der Waals surface area contributed by atoms with E-state index in [-0.39, 0.29) is 18.2 Å². The van der Waals surface area contributed by atoms with Crippen LogP contribution in [0.5, 0.6) is 5.75 Å². The van der Waals surface area contributed by atoms with Crippen LogP contribution in [-0.4, -0.2) is 10.1 Å². The Kier molecular flexibility index (Phi) is 3.15. The van der Waals surface area contributed by atoms with Crippen molar-refractivity contribution in [2.75, 3.05) is 0 Å². The number of nitrogens with zero attached hydrogens (tertiary/aromatic N) is 1. The largest absolute Gasteiger partial charge is 0.508 e. The van der Waals surface area contributed by atoms with Gasteiger partial charge in [0.25, 0.3) is 0 Å². The SMILES string of the molecule is CC(C)c1oc(CN)nc1-c1cccc(O)c1. The van der Waals surface area contributed by atoms with Crippen molar-refractivity contribution >= 4 is 0 Å². The van der Waals surface area contributed by atoms with Gasteiger partial charge in [-0.1, -0.05) is 26.0 Å². The molecule has 0 bridgehead atoms. The summed E-state index contributed by atoms with van der Waals surface area (Å²) in [5.41, 5.74) is 7.14. The summed E-state index contributed by atoms with van der Waals surface area (Å²) in [5, 5.41) is 9.48. The standard InChI is InChI=1S/C13H16N2O2/c1-8(2)13-12(15-11(7-14)17-13)9-4-3-5-10(16)6-9/h3-6,8,16H,7,14H2,1-2H3. The van der Waals surface area contributed by atoms with E-state index in [1.807, 2.05) is 19.9 Å². The topological polar surface area (TPSA) is 72.3 Å². The molecule has 4 nitrogen and oxygen atoms in total. The van der Waals surface area contributed by atoms with Crippen LogP contribution in [-0.2, 0) is 6.54 Å². The third kappa shape index (κ3) is 2.31. The molecule has 1 aromatic carbocycles. The fourth-order valence-electron chi connectivity index (χ4n) is 1.72. The highest BCUT2D eigenvalue weighted by molar-refractivity contribution is 5.63. The molecule has 0 saturated heterocycles. The second-order valence-electron chi connectivity index (χ2n) is 4.23. The van der Waals surface area contributed by atoms with E-state index in [1.165, 1.54) is 0 Å². The number of oxazole rings is 1. The maximum Gasteiger partial charge on any atom is 0.208 e. The first kappa shape index (κ1) is 11.7. The van der Waals surface area contributed by atoms with Gasteiger partial charge in [0.15, 0.2) is 0 Å². The van der Waals surface area contributed by atoms with Gasteiger partial charge in [-0.3, -0.25) is 0 Å². The molecule has 0 fully saturated rings. The molecule has 0 aliphatic heterocycles. The summed E-state index contributed by atoms with van der Waals surface area (Å²) in [6.45, 7) is 4.35. The van der Waals surface area contributed by atoms with Crippen LogP contribution in [0, 0.1) is 0 Å². The van der Waals surface area contributed by atoms with E-state index < -0.39 is 0 Å². The fourth-order valence-corrected chi connectivity index (χ4v) is 1.72. The van der Waals surface area contributed by atoms with Crippen LogP contribution in [0.15, 0.2) is 28.7 Å². The highest BCUT2D eigenvalue weighted by Crippen LogP contribution is 2.31. The van der Waals surface area contributed by atoms with Gasteiger partial charge in [0.2, 0.25) is 5.89 Å². The molecule has 0 spiro atoms. The number of rotatable bonds is 3. The minimum atomic E-state index is 0.217. The molecule has 0 unspecified atom stereocenters. The zero-order chi connectivity index (χ0) is 12.4. The molecular weight excluding hydrogens is 216 g/mol. The van der Waals surface area contributed by atoms with E-state index in [4.69, 9.17) is 10.2 Å². The van der Waals surface area contributed by atoms with E-state index in [0.717, 1.165) is 17.0 Å². The summed E-state index contributed by atoms with van der Waals surface area (Å²) in [7, 11) is 0. The van der Waals surface area contributed by atoms with Crippen LogP contribution in [0.1, 0.15) is 31.4 Å². The van der Waals surface area contributed by atoms with Gasteiger partial charge in [-0.25, -0.2) is 4.98 Å². The van der Waals surface area contributed by atoms with Crippen molar-refractivity contribution < 1.29 is 9.52 Å². The van der Waals surface area contributed by atoms with E-state index >= 15 is 0 Å². The molecule has 17 heavy (non-hydrogen) atoms. The van der Waals surface area contributed by atoms with Crippen molar-refractivity contribution in [3.05, 3.63) is 35.9 Å². The zero-order valence-corrected chi connectivity index (χ0v) is 9.97. The maximum atomic E-state index is 9.48. The smallest absolute Gasteiger partial charge is 0.208 e. The van der Waals surface area contributed by atoms with Crippen LogP contribution in [0.2, 0.25) is 0 Å². The van der Waals surface area contributed by atoms with Crippen LogP contribution < -0.4 is 5.73 Å². The van der Waals surface area contributed by atoms with E-state index in [1.54, 1.807) is 18.2 Å². The van der Waals surface area contributed by atoms with Gasteiger partial charge in [-0.2, -0.15) is 0 Å². The second-order valence-corrected chi connectivity index (χ2v) is 4.23. The molecule has 1 heterocycles. The summed E-state index contributed by atoms with van der Waals surface area (Å²) in [6.07, 6.45) is 0. The predicted octanol–water partition coefficient (Wildman–Crippen LogP) is 2.63. The van der Waals surface area contributed by atoms with E-state index in [2.05, 4.69) is 4.98 Å². The molecule has 0 amide bonds. The van der Waals surface area contributed by atoms with Crippen LogP contribution >= 0.6 is 0 Å². The van der Waals surface area contributed by atoms with Crippen molar-refractivity contribution in [1.29, 1.82) is 0 Å². The van der Waals surface area contributed by atoms with Crippen molar-refractivity contribution in [2.45, 2.75) is 26.3 Å². The van der Waals surface area contributed by atoms with Crippen LogP contribution in [0.25, 0.3) is 11.3 Å². The number of aromatic hydroxyl groups is 1. The second kappa shape index (κ2) is 4.59. The Morgan fingerprint density at radius 2 is 2.18 bits per heavy atom. The third-order valence-electron chi connectivity index (χ3n) is 2.52. The number of phenols is 1. The first-order valence-electron chi connectivity index (χ1n) is 5.61. The normalized spacial score (nSPS) is 11.1. The lowest BCUT2D eigenvalue weighted by atomic mass is 10.0. The minimum absolute atomic E-state index is 0.217. The summed E-state index contributed by atoms with van der Waals surface area (Å²) < 4.78 is 5.60. The highest BCUT2D eigenvalue weighted by atomic mass is 16.4. The van der Waals surface area contributed by atoms with Gasteiger partial charge < -0.3 is 15.3 Å². The van der Waals surface area contributed by atoms with Crippen molar-refractivity contribution in [2.24, 2.45) is 5.73 Å². The summed E-state index contributed by atoms with van der Waals surface area (Å²) >= 11 is 0. The minimum Gasteiger partial charge on any atom is -0.508 e. The summed E-state index contributed by atoms with van der Waals surface area (Å²) in [5.74, 6) is 1.76. The molecule has 0 radical (unpaired) electrons. The average molecular weight is 232 g/mol.